The molecule has 0 fully saturated rings. The molecule has 1 aromatic carbocycles. The molecule has 1 aromatic heterocycles. The number of hydrogen-bond donors (Lipinski definition) is 1. The van der Waals surface area contributed by atoms with Gasteiger partial charge in [-0.05, 0) is 19.9 Å². The Bertz CT molecular complexity index is 777. The lowest BCUT2D eigenvalue weighted by molar-refractivity contribution is 0.0839. The Hall–Kier alpha value is -1.60. The Morgan fingerprint density at radius 2 is 1.95 bits per heavy atom. The van der Waals surface area contributed by atoms with Gasteiger partial charge in [0.25, 0.3) is 5.91 Å². The summed E-state index contributed by atoms with van der Waals surface area (Å²) in [6, 6.07) is 6.96. The van der Waals surface area contributed by atoms with Crippen LogP contribution in [0.5, 0.6) is 0 Å². The highest BCUT2D eigenvalue weighted by atomic mass is 32.2. The van der Waals surface area contributed by atoms with Crippen molar-refractivity contribution in [1.29, 1.82) is 0 Å². The molecule has 7 heteroatoms. The van der Waals surface area contributed by atoms with Gasteiger partial charge in [0.2, 0.25) is 0 Å². The lowest BCUT2D eigenvalue weighted by Gasteiger charge is -2.30. The third-order valence-electron chi connectivity index (χ3n) is 2.95. The van der Waals surface area contributed by atoms with Crippen LogP contribution in [0.3, 0.4) is 0 Å². The molecule has 1 N–H and O–H groups in total. The van der Waals surface area contributed by atoms with Gasteiger partial charge in [0.05, 0.1) is 5.69 Å². The molecule has 19 heavy (non-hydrogen) atoms. The van der Waals surface area contributed by atoms with Crippen LogP contribution in [0, 0.1) is 0 Å². The molecular formula is C12H12N2O3S2. The lowest BCUT2D eigenvalue weighted by atomic mass is 10.2. The van der Waals surface area contributed by atoms with Gasteiger partial charge < -0.3 is 0 Å². The topological polar surface area (TPSA) is 66.5 Å². The van der Waals surface area contributed by atoms with E-state index < -0.39 is 22.2 Å². The molecule has 0 radical (unpaired) electrons. The average Bonchev–Trinajstić information content (AvgIpc) is 2.66. The molecule has 100 valence electrons. The van der Waals surface area contributed by atoms with Gasteiger partial charge in [-0.2, -0.15) is 8.42 Å². The Kier molecular flexibility index (Phi) is 2.58. The van der Waals surface area contributed by atoms with E-state index in [0.717, 1.165) is 14.4 Å². The predicted molar refractivity (Wildman–Crippen MR) is 75.7 cm³/mol. The molecule has 0 unspecified atom stereocenters. The first-order chi connectivity index (χ1) is 8.92. The minimum absolute atomic E-state index is 0.405. The van der Waals surface area contributed by atoms with Crippen LogP contribution in [0.25, 0.3) is 10.1 Å². The van der Waals surface area contributed by atoms with Crippen LogP contribution in [0.4, 0.5) is 5.69 Å². The molecule has 3 rings (SSSR count). The first kappa shape index (κ1) is 12.4. The van der Waals surface area contributed by atoms with E-state index in [4.69, 9.17) is 0 Å². The van der Waals surface area contributed by atoms with E-state index in [1.54, 1.807) is 13.8 Å². The SMILES string of the molecule is CC(C)N1C(=O)c2sc3ccccc3c2NS1(=O)=O. The third-order valence-corrected chi connectivity index (χ3v) is 5.68. The average molecular weight is 296 g/mol. The van der Waals surface area contributed by atoms with E-state index in [9.17, 15) is 13.2 Å². The van der Waals surface area contributed by atoms with Crippen LogP contribution >= 0.6 is 11.3 Å². The monoisotopic (exact) mass is 296 g/mol. The van der Waals surface area contributed by atoms with Gasteiger partial charge in [-0.3, -0.25) is 9.52 Å². The summed E-state index contributed by atoms with van der Waals surface area (Å²) in [5.41, 5.74) is 0.405. The van der Waals surface area contributed by atoms with E-state index in [2.05, 4.69) is 4.72 Å². The van der Waals surface area contributed by atoms with Crippen molar-refractivity contribution >= 4 is 43.2 Å². The van der Waals surface area contributed by atoms with Crippen molar-refractivity contribution in [3.8, 4) is 0 Å². The Morgan fingerprint density at radius 1 is 1.26 bits per heavy atom. The van der Waals surface area contributed by atoms with Crippen molar-refractivity contribution < 1.29 is 13.2 Å². The molecule has 0 atom stereocenters. The van der Waals surface area contributed by atoms with Gasteiger partial charge in [0.15, 0.2) is 0 Å². The fourth-order valence-electron chi connectivity index (χ4n) is 2.20. The Morgan fingerprint density at radius 3 is 2.63 bits per heavy atom. The molecule has 0 spiro atoms. The summed E-state index contributed by atoms with van der Waals surface area (Å²) >= 11 is 1.31. The van der Waals surface area contributed by atoms with Crippen LogP contribution in [-0.2, 0) is 10.2 Å². The Labute approximate surface area is 115 Å². The molecule has 0 saturated carbocycles. The summed E-state index contributed by atoms with van der Waals surface area (Å²) in [6.07, 6.45) is 0. The maximum Gasteiger partial charge on any atom is 0.326 e. The number of amides is 1. The number of hydrogen-bond acceptors (Lipinski definition) is 4. The van der Waals surface area contributed by atoms with Gasteiger partial charge in [-0.1, -0.05) is 18.2 Å². The Balaban J connectivity index is 2.30. The molecule has 1 aliphatic rings. The molecule has 5 nitrogen and oxygen atoms in total. The van der Waals surface area contributed by atoms with Gasteiger partial charge >= 0.3 is 10.2 Å². The minimum atomic E-state index is -3.81. The second-order valence-electron chi connectivity index (χ2n) is 4.60. The van der Waals surface area contributed by atoms with Crippen molar-refractivity contribution in [3.05, 3.63) is 29.1 Å². The van der Waals surface area contributed by atoms with Crippen molar-refractivity contribution in [2.45, 2.75) is 19.9 Å². The maximum atomic E-state index is 12.4. The number of benzene rings is 1. The zero-order valence-electron chi connectivity index (χ0n) is 10.4. The summed E-state index contributed by atoms with van der Waals surface area (Å²) < 4.78 is 28.6. The molecule has 2 heterocycles. The van der Waals surface area contributed by atoms with Crippen LogP contribution in [0.2, 0.25) is 0 Å². The molecule has 0 saturated heterocycles. The highest BCUT2D eigenvalue weighted by molar-refractivity contribution is 7.91. The van der Waals surface area contributed by atoms with Gasteiger partial charge in [0, 0.05) is 16.1 Å². The number of anilines is 1. The standard InChI is InChI=1S/C12H12N2O3S2/c1-7(2)14-12(15)11-10(13-19(14,16)17)8-5-3-4-6-9(8)18-11/h3-7,13H,1-2H3. The number of nitrogens with one attached hydrogen (secondary N) is 1. The van der Waals surface area contributed by atoms with Gasteiger partial charge in [-0.25, -0.2) is 4.31 Å². The largest absolute Gasteiger partial charge is 0.326 e. The van der Waals surface area contributed by atoms with Crippen molar-refractivity contribution in [2.24, 2.45) is 0 Å². The van der Waals surface area contributed by atoms with Crippen LogP contribution in [-0.4, -0.2) is 24.7 Å². The fraction of sp³-hybridized carbons (Fsp3) is 0.250. The number of rotatable bonds is 1. The zero-order chi connectivity index (χ0) is 13.8. The summed E-state index contributed by atoms with van der Waals surface area (Å²) in [4.78, 5) is 12.8. The quantitative estimate of drug-likeness (QED) is 0.879. The molecule has 1 aliphatic heterocycles. The second-order valence-corrected chi connectivity index (χ2v) is 7.20. The second kappa shape index (κ2) is 3.94. The zero-order valence-corrected chi connectivity index (χ0v) is 12.0. The summed E-state index contributed by atoms with van der Waals surface area (Å²) in [7, 11) is -3.81. The number of thiophene rings is 1. The summed E-state index contributed by atoms with van der Waals surface area (Å²) in [6.45, 7) is 3.35. The number of carbonyl (C=O) groups excluding carboxylic acids is 1. The van der Waals surface area contributed by atoms with Crippen LogP contribution < -0.4 is 4.72 Å². The number of fused-ring (bicyclic) bond motifs is 3. The van der Waals surface area contributed by atoms with Crippen LogP contribution in [0.1, 0.15) is 23.5 Å². The normalized spacial score (nSPS) is 17.6. The molecule has 0 bridgehead atoms. The summed E-state index contributed by atoms with van der Waals surface area (Å²) in [5.74, 6) is -0.454. The highest BCUT2D eigenvalue weighted by Gasteiger charge is 2.39. The van der Waals surface area contributed by atoms with Crippen LogP contribution in [0.15, 0.2) is 24.3 Å². The third kappa shape index (κ3) is 1.73. The number of carbonyl (C=O) groups is 1. The smallest absolute Gasteiger partial charge is 0.267 e. The van der Waals surface area contributed by atoms with Gasteiger partial charge in [-0.15, -0.1) is 11.3 Å². The van der Waals surface area contributed by atoms with Crippen molar-refractivity contribution in [3.63, 3.8) is 0 Å². The van der Waals surface area contributed by atoms with Crippen molar-refractivity contribution in [1.82, 2.24) is 4.31 Å². The maximum absolute atomic E-state index is 12.4. The van der Waals surface area contributed by atoms with E-state index in [1.807, 2.05) is 24.3 Å². The molecule has 2 aromatic rings. The van der Waals surface area contributed by atoms with E-state index >= 15 is 0 Å². The fourth-order valence-corrected chi connectivity index (χ4v) is 4.85. The predicted octanol–water partition coefficient (Wildman–Crippen LogP) is 2.42. The molecular weight excluding hydrogens is 284 g/mol. The molecule has 1 amide bonds. The lowest BCUT2D eigenvalue weighted by Crippen LogP contribution is -2.47. The van der Waals surface area contributed by atoms with E-state index in [1.165, 1.54) is 11.3 Å². The first-order valence-corrected chi connectivity index (χ1v) is 8.05. The van der Waals surface area contributed by atoms with Gasteiger partial charge in [0.1, 0.15) is 4.88 Å². The highest BCUT2D eigenvalue weighted by Crippen LogP contribution is 2.40. The van der Waals surface area contributed by atoms with Crippen molar-refractivity contribution in [2.75, 3.05) is 4.72 Å². The minimum Gasteiger partial charge on any atom is -0.267 e. The van der Waals surface area contributed by atoms with E-state index in [-0.39, 0.29) is 0 Å². The molecule has 0 aliphatic carbocycles. The number of nitrogens with zero attached hydrogens (tertiary/aromatic N) is 1. The first-order valence-electron chi connectivity index (χ1n) is 5.80. The summed E-state index contributed by atoms with van der Waals surface area (Å²) in [5, 5.41) is 0.767. The van der Waals surface area contributed by atoms with E-state index in [0.29, 0.717) is 10.6 Å².